The number of aromatic nitrogens is 3. The second kappa shape index (κ2) is 6.00. The number of nitrogens with one attached hydrogen (secondary N) is 1. The monoisotopic (exact) mass is 258 g/mol. The molecular weight excluding hydrogens is 240 g/mol. The average Bonchev–Trinajstić information content (AvgIpc) is 2.25. The second-order valence-electron chi connectivity index (χ2n) is 4.35. The molecule has 0 bridgehead atoms. The van der Waals surface area contributed by atoms with Crippen molar-refractivity contribution in [2.24, 2.45) is 0 Å². The fraction of sp³-hybridized carbons (Fsp3) is 0.727. The molecule has 0 aliphatic rings. The predicted molar refractivity (Wildman–Crippen MR) is 68.6 cm³/mol. The van der Waals surface area contributed by atoms with Gasteiger partial charge in [0.15, 0.2) is 0 Å². The minimum atomic E-state index is -0.313. The van der Waals surface area contributed by atoms with Gasteiger partial charge >= 0.3 is 6.01 Å². The van der Waals surface area contributed by atoms with Crippen LogP contribution < -0.4 is 10.1 Å². The summed E-state index contributed by atoms with van der Waals surface area (Å²) in [5, 5.41) is 3.19. The maximum atomic E-state index is 5.82. The van der Waals surface area contributed by atoms with Gasteiger partial charge in [-0.25, -0.2) is 0 Å². The third-order valence-electron chi connectivity index (χ3n) is 2.34. The maximum absolute atomic E-state index is 5.82. The third-order valence-corrected chi connectivity index (χ3v) is 2.51. The molecule has 96 valence electrons. The first-order valence-electron chi connectivity index (χ1n) is 5.81. The minimum absolute atomic E-state index is 0.139. The Kier molecular flexibility index (Phi) is 4.93. The Balaban J connectivity index is 2.82. The molecule has 0 amide bonds. The van der Waals surface area contributed by atoms with Gasteiger partial charge in [0.2, 0.25) is 11.2 Å². The molecule has 1 rings (SSSR count). The summed E-state index contributed by atoms with van der Waals surface area (Å²) in [6, 6.07) is 0.260. The molecule has 1 heterocycles. The summed E-state index contributed by atoms with van der Waals surface area (Å²) in [7, 11) is 0. The maximum Gasteiger partial charge on any atom is 0.323 e. The molecule has 5 nitrogen and oxygen atoms in total. The fourth-order valence-electron chi connectivity index (χ4n) is 1.01. The van der Waals surface area contributed by atoms with Crippen LogP contribution in [0.3, 0.4) is 0 Å². The average molecular weight is 259 g/mol. The molecule has 0 aliphatic carbocycles. The molecule has 0 unspecified atom stereocenters. The molecule has 0 fully saturated rings. The first kappa shape index (κ1) is 14.0. The number of anilines is 1. The highest BCUT2D eigenvalue weighted by atomic mass is 35.5. The van der Waals surface area contributed by atoms with Gasteiger partial charge in [-0.15, -0.1) is 0 Å². The standard InChI is InChI=1S/C11H19ClN4O/c1-5-7-13-9-14-8(12)15-10(16-9)17-11(3,4)6-2/h5-7H2,1-4H3,(H,13,14,15,16). The molecule has 1 N–H and O–H groups in total. The number of ether oxygens (including phenoxy) is 1. The van der Waals surface area contributed by atoms with Crippen LogP contribution in [0.1, 0.15) is 40.5 Å². The van der Waals surface area contributed by atoms with Gasteiger partial charge in [-0.05, 0) is 38.3 Å². The van der Waals surface area contributed by atoms with E-state index in [9.17, 15) is 0 Å². The molecule has 0 atom stereocenters. The zero-order chi connectivity index (χ0) is 12.9. The van der Waals surface area contributed by atoms with E-state index in [1.807, 2.05) is 20.8 Å². The van der Waals surface area contributed by atoms with Crippen LogP contribution >= 0.6 is 11.6 Å². The summed E-state index contributed by atoms with van der Waals surface area (Å²) in [5.74, 6) is 0.453. The molecule has 1 aromatic heterocycles. The summed E-state index contributed by atoms with van der Waals surface area (Å²) in [4.78, 5) is 12.1. The summed E-state index contributed by atoms with van der Waals surface area (Å²) in [6.45, 7) is 8.84. The van der Waals surface area contributed by atoms with Gasteiger partial charge in [-0.2, -0.15) is 15.0 Å². The first-order valence-corrected chi connectivity index (χ1v) is 6.19. The highest BCUT2D eigenvalue weighted by Gasteiger charge is 2.19. The van der Waals surface area contributed by atoms with E-state index in [1.54, 1.807) is 0 Å². The molecule has 0 spiro atoms. The van der Waals surface area contributed by atoms with Gasteiger partial charge < -0.3 is 10.1 Å². The third kappa shape index (κ3) is 4.73. The lowest BCUT2D eigenvalue weighted by Gasteiger charge is -2.23. The van der Waals surface area contributed by atoms with Crippen LogP contribution in [0, 0.1) is 0 Å². The predicted octanol–water partition coefficient (Wildman–Crippen LogP) is 2.91. The van der Waals surface area contributed by atoms with Crippen LogP contribution in [0.2, 0.25) is 5.28 Å². The SMILES string of the molecule is CCCNc1nc(Cl)nc(OC(C)(C)CC)n1. The van der Waals surface area contributed by atoms with Crippen molar-refractivity contribution in [2.45, 2.75) is 46.1 Å². The summed E-state index contributed by atoms with van der Waals surface area (Å²) >= 11 is 5.82. The quantitative estimate of drug-likeness (QED) is 0.850. The van der Waals surface area contributed by atoms with Crippen LogP contribution in [0.15, 0.2) is 0 Å². The van der Waals surface area contributed by atoms with Gasteiger partial charge in [-0.3, -0.25) is 0 Å². The van der Waals surface area contributed by atoms with E-state index >= 15 is 0 Å². The Bertz CT molecular complexity index is 370. The normalized spacial score (nSPS) is 11.4. The highest BCUT2D eigenvalue weighted by Crippen LogP contribution is 2.19. The van der Waals surface area contributed by atoms with Crippen molar-refractivity contribution in [1.29, 1.82) is 0 Å². The zero-order valence-electron chi connectivity index (χ0n) is 10.7. The lowest BCUT2D eigenvalue weighted by atomic mass is 10.1. The Labute approximate surface area is 107 Å². The molecular formula is C11H19ClN4O. The van der Waals surface area contributed by atoms with Crippen molar-refractivity contribution in [1.82, 2.24) is 15.0 Å². The van der Waals surface area contributed by atoms with Crippen LogP contribution in [-0.2, 0) is 0 Å². The van der Waals surface area contributed by atoms with Gasteiger partial charge in [-0.1, -0.05) is 13.8 Å². The molecule has 17 heavy (non-hydrogen) atoms. The Morgan fingerprint density at radius 3 is 2.53 bits per heavy atom. The molecule has 0 aliphatic heterocycles. The summed E-state index contributed by atoms with van der Waals surface area (Å²) < 4.78 is 5.67. The number of rotatable bonds is 6. The fourth-order valence-corrected chi connectivity index (χ4v) is 1.17. The number of nitrogens with zero attached hydrogens (tertiary/aromatic N) is 3. The van der Waals surface area contributed by atoms with Crippen molar-refractivity contribution >= 4 is 17.5 Å². The van der Waals surface area contributed by atoms with Gasteiger partial charge in [0.1, 0.15) is 5.60 Å². The summed E-state index contributed by atoms with van der Waals surface area (Å²) in [5.41, 5.74) is -0.313. The molecule has 0 saturated heterocycles. The van der Waals surface area contributed by atoms with E-state index in [-0.39, 0.29) is 16.9 Å². The Morgan fingerprint density at radius 2 is 1.94 bits per heavy atom. The Hall–Kier alpha value is -1.10. The van der Waals surface area contributed by atoms with Gasteiger partial charge in [0.05, 0.1) is 0 Å². The van der Waals surface area contributed by atoms with Gasteiger partial charge in [0, 0.05) is 6.54 Å². The van der Waals surface area contributed by atoms with Gasteiger partial charge in [0.25, 0.3) is 0 Å². The van der Waals surface area contributed by atoms with Crippen molar-refractivity contribution < 1.29 is 4.74 Å². The van der Waals surface area contributed by atoms with Crippen LogP contribution in [-0.4, -0.2) is 27.1 Å². The Morgan fingerprint density at radius 1 is 1.24 bits per heavy atom. The van der Waals surface area contributed by atoms with Crippen LogP contribution in [0.4, 0.5) is 5.95 Å². The number of hydrogen-bond donors (Lipinski definition) is 1. The van der Waals surface area contributed by atoms with E-state index in [4.69, 9.17) is 16.3 Å². The van der Waals surface area contributed by atoms with Crippen molar-refractivity contribution in [3.63, 3.8) is 0 Å². The van der Waals surface area contributed by atoms with E-state index in [2.05, 4.69) is 27.2 Å². The van der Waals surface area contributed by atoms with E-state index in [0.29, 0.717) is 5.95 Å². The molecule has 1 aromatic rings. The molecule has 0 saturated carbocycles. The summed E-state index contributed by atoms with van der Waals surface area (Å²) in [6.07, 6.45) is 1.84. The molecule has 0 aromatic carbocycles. The van der Waals surface area contributed by atoms with E-state index in [1.165, 1.54) is 0 Å². The van der Waals surface area contributed by atoms with E-state index in [0.717, 1.165) is 19.4 Å². The lowest BCUT2D eigenvalue weighted by Crippen LogP contribution is -2.28. The zero-order valence-corrected chi connectivity index (χ0v) is 11.5. The van der Waals surface area contributed by atoms with Crippen LogP contribution in [0.5, 0.6) is 6.01 Å². The molecule has 0 radical (unpaired) electrons. The largest absolute Gasteiger partial charge is 0.457 e. The lowest BCUT2D eigenvalue weighted by molar-refractivity contribution is 0.0924. The minimum Gasteiger partial charge on any atom is -0.457 e. The number of halogens is 1. The van der Waals surface area contributed by atoms with Crippen molar-refractivity contribution in [3.8, 4) is 6.01 Å². The highest BCUT2D eigenvalue weighted by molar-refractivity contribution is 6.28. The number of hydrogen-bond acceptors (Lipinski definition) is 5. The second-order valence-corrected chi connectivity index (χ2v) is 4.69. The topological polar surface area (TPSA) is 59.9 Å². The molecule has 6 heteroatoms. The van der Waals surface area contributed by atoms with Crippen LogP contribution in [0.25, 0.3) is 0 Å². The first-order chi connectivity index (χ1) is 7.96. The van der Waals surface area contributed by atoms with E-state index < -0.39 is 0 Å². The van der Waals surface area contributed by atoms with Crippen molar-refractivity contribution in [2.75, 3.05) is 11.9 Å². The van der Waals surface area contributed by atoms with Crippen molar-refractivity contribution in [3.05, 3.63) is 5.28 Å². The smallest absolute Gasteiger partial charge is 0.323 e.